The third-order valence-corrected chi connectivity index (χ3v) is 4.59. The van der Waals surface area contributed by atoms with Crippen LogP contribution in [0.3, 0.4) is 0 Å². The van der Waals surface area contributed by atoms with Gasteiger partial charge in [0.2, 0.25) is 5.91 Å². The minimum atomic E-state index is -1.16. The Balaban J connectivity index is 1.85. The van der Waals surface area contributed by atoms with E-state index in [1.165, 1.54) is 10.7 Å². The van der Waals surface area contributed by atoms with Gasteiger partial charge in [0.15, 0.2) is 0 Å². The lowest BCUT2D eigenvalue weighted by atomic mass is 10.0. The van der Waals surface area contributed by atoms with E-state index in [2.05, 4.69) is 10.4 Å². The molecule has 3 aromatic rings. The molecule has 6 nitrogen and oxygen atoms in total. The van der Waals surface area contributed by atoms with Crippen molar-refractivity contribution in [2.24, 2.45) is 0 Å². The number of hydrogen-bond donors (Lipinski definition) is 1. The smallest absolute Gasteiger partial charge is 0.267 e. The molecule has 0 saturated heterocycles. The van der Waals surface area contributed by atoms with E-state index in [0.29, 0.717) is 18.0 Å². The maximum atomic E-state index is 12.9. The van der Waals surface area contributed by atoms with Gasteiger partial charge in [-0.15, -0.1) is 0 Å². The summed E-state index contributed by atoms with van der Waals surface area (Å²) in [6, 6.07) is 20.1. The number of benzene rings is 2. The molecule has 0 aliphatic carbocycles. The Kier molecular flexibility index (Phi) is 5.59. The van der Waals surface area contributed by atoms with Crippen LogP contribution in [0, 0.1) is 0 Å². The van der Waals surface area contributed by atoms with Crippen LogP contribution < -0.4 is 15.6 Å². The van der Waals surface area contributed by atoms with Gasteiger partial charge in [0, 0.05) is 23.7 Å². The fourth-order valence-electron chi connectivity index (χ4n) is 2.91. The minimum absolute atomic E-state index is 0.291. The lowest BCUT2D eigenvalue weighted by molar-refractivity contribution is -0.129. The monoisotopic (exact) mass is 377 g/mol. The standard InChI is InChI=1S/C22H23N3O3/c1-22(2,21(27)23-15-17-11-7-8-12-19(17)28-3)25-20(26)14-13-18(24-25)16-9-5-4-6-10-16/h4-14H,15H2,1-3H3,(H,23,27). The number of nitrogens with zero attached hydrogens (tertiary/aromatic N) is 2. The van der Waals surface area contributed by atoms with Crippen molar-refractivity contribution in [2.75, 3.05) is 7.11 Å². The van der Waals surface area contributed by atoms with Crippen molar-refractivity contribution in [1.29, 1.82) is 0 Å². The average Bonchev–Trinajstić information content (AvgIpc) is 2.73. The maximum Gasteiger partial charge on any atom is 0.267 e. The number of methoxy groups -OCH3 is 1. The topological polar surface area (TPSA) is 73.2 Å². The van der Waals surface area contributed by atoms with Gasteiger partial charge < -0.3 is 10.1 Å². The second-order valence-corrected chi connectivity index (χ2v) is 6.89. The van der Waals surface area contributed by atoms with E-state index in [1.807, 2.05) is 54.6 Å². The van der Waals surface area contributed by atoms with Crippen molar-refractivity contribution in [3.05, 3.63) is 82.6 Å². The summed E-state index contributed by atoms with van der Waals surface area (Å²) in [4.78, 5) is 25.3. The van der Waals surface area contributed by atoms with Crippen molar-refractivity contribution in [1.82, 2.24) is 15.1 Å². The minimum Gasteiger partial charge on any atom is -0.496 e. The molecule has 0 bridgehead atoms. The van der Waals surface area contributed by atoms with E-state index in [9.17, 15) is 9.59 Å². The van der Waals surface area contributed by atoms with Crippen molar-refractivity contribution >= 4 is 5.91 Å². The van der Waals surface area contributed by atoms with E-state index < -0.39 is 5.54 Å². The summed E-state index contributed by atoms with van der Waals surface area (Å²) < 4.78 is 6.54. The second-order valence-electron chi connectivity index (χ2n) is 6.89. The molecule has 144 valence electrons. The number of amides is 1. The Morgan fingerprint density at radius 2 is 1.71 bits per heavy atom. The maximum absolute atomic E-state index is 12.9. The van der Waals surface area contributed by atoms with Crippen LogP contribution in [0.4, 0.5) is 0 Å². The predicted molar refractivity (Wildman–Crippen MR) is 108 cm³/mol. The van der Waals surface area contributed by atoms with Crippen molar-refractivity contribution < 1.29 is 9.53 Å². The zero-order valence-corrected chi connectivity index (χ0v) is 16.2. The molecule has 0 atom stereocenters. The lowest BCUT2D eigenvalue weighted by Gasteiger charge is -2.25. The normalized spacial score (nSPS) is 11.1. The van der Waals surface area contributed by atoms with Crippen LogP contribution >= 0.6 is 0 Å². The molecule has 28 heavy (non-hydrogen) atoms. The second kappa shape index (κ2) is 8.08. The molecule has 1 amide bonds. The number of nitrogens with one attached hydrogen (secondary N) is 1. The molecule has 0 saturated carbocycles. The first-order chi connectivity index (χ1) is 13.4. The summed E-state index contributed by atoms with van der Waals surface area (Å²) in [6.07, 6.45) is 0. The number of rotatable bonds is 6. The van der Waals surface area contributed by atoms with E-state index in [4.69, 9.17) is 4.74 Å². The summed E-state index contributed by atoms with van der Waals surface area (Å²) in [5.41, 5.74) is 0.862. The largest absolute Gasteiger partial charge is 0.496 e. The molecule has 0 fully saturated rings. The van der Waals surface area contributed by atoms with E-state index in [-0.39, 0.29) is 11.5 Å². The van der Waals surface area contributed by atoms with E-state index >= 15 is 0 Å². The summed E-state index contributed by atoms with van der Waals surface area (Å²) in [7, 11) is 1.59. The number of para-hydroxylation sites is 1. The van der Waals surface area contributed by atoms with Gasteiger partial charge in [-0.25, -0.2) is 4.68 Å². The van der Waals surface area contributed by atoms with Crippen LogP contribution in [0.5, 0.6) is 5.75 Å². The number of aromatic nitrogens is 2. The highest BCUT2D eigenvalue weighted by molar-refractivity contribution is 5.83. The fourth-order valence-corrected chi connectivity index (χ4v) is 2.91. The van der Waals surface area contributed by atoms with Gasteiger partial charge in [-0.3, -0.25) is 9.59 Å². The first-order valence-corrected chi connectivity index (χ1v) is 9.00. The molecular formula is C22H23N3O3. The van der Waals surface area contributed by atoms with Crippen LogP contribution in [-0.2, 0) is 16.9 Å². The Hall–Kier alpha value is -3.41. The Bertz CT molecular complexity index is 1030. The van der Waals surface area contributed by atoms with Crippen molar-refractivity contribution in [3.63, 3.8) is 0 Å². The quantitative estimate of drug-likeness (QED) is 0.717. The van der Waals surface area contributed by atoms with Gasteiger partial charge in [-0.1, -0.05) is 48.5 Å². The lowest BCUT2D eigenvalue weighted by Crippen LogP contribution is -2.49. The van der Waals surface area contributed by atoms with Crippen LogP contribution in [0.15, 0.2) is 71.5 Å². The molecule has 3 rings (SSSR count). The predicted octanol–water partition coefficient (Wildman–Crippen LogP) is 2.97. The highest BCUT2D eigenvalue weighted by Gasteiger charge is 2.32. The molecule has 0 unspecified atom stereocenters. The average molecular weight is 377 g/mol. The molecular weight excluding hydrogens is 354 g/mol. The molecule has 0 radical (unpaired) electrons. The highest BCUT2D eigenvalue weighted by Crippen LogP contribution is 2.20. The zero-order chi connectivity index (χ0) is 20.1. The third-order valence-electron chi connectivity index (χ3n) is 4.59. The Morgan fingerprint density at radius 3 is 2.43 bits per heavy atom. The first-order valence-electron chi connectivity index (χ1n) is 9.00. The molecule has 2 aromatic carbocycles. The third kappa shape index (κ3) is 3.96. The fraction of sp³-hybridized carbons (Fsp3) is 0.227. The van der Waals surface area contributed by atoms with Crippen LogP contribution in [0.1, 0.15) is 19.4 Å². The molecule has 1 aromatic heterocycles. The molecule has 1 heterocycles. The van der Waals surface area contributed by atoms with Crippen LogP contribution in [0.25, 0.3) is 11.3 Å². The molecule has 0 aliphatic heterocycles. The number of carbonyl (C=O) groups excluding carboxylic acids is 1. The van der Waals surface area contributed by atoms with Crippen LogP contribution in [0.2, 0.25) is 0 Å². The SMILES string of the molecule is COc1ccccc1CNC(=O)C(C)(C)n1nc(-c2ccccc2)ccc1=O. The summed E-state index contributed by atoms with van der Waals surface area (Å²) in [5.74, 6) is 0.389. The number of carbonyl (C=O) groups is 1. The molecule has 0 aliphatic rings. The van der Waals surface area contributed by atoms with Gasteiger partial charge in [0.1, 0.15) is 11.3 Å². The molecule has 6 heteroatoms. The summed E-state index contributed by atoms with van der Waals surface area (Å²) in [6.45, 7) is 3.64. The highest BCUT2D eigenvalue weighted by atomic mass is 16.5. The van der Waals surface area contributed by atoms with Crippen LogP contribution in [-0.4, -0.2) is 22.8 Å². The summed E-state index contributed by atoms with van der Waals surface area (Å²) >= 11 is 0. The van der Waals surface area contributed by atoms with Gasteiger partial charge in [-0.05, 0) is 26.0 Å². The molecule has 0 spiro atoms. The van der Waals surface area contributed by atoms with E-state index in [0.717, 1.165) is 11.1 Å². The molecule has 1 N–H and O–H groups in total. The Morgan fingerprint density at radius 1 is 1.04 bits per heavy atom. The zero-order valence-electron chi connectivity index (χ0n) is 16.2. The summed E-state index contributed by atoms with van der Waals surface area (Å²) in [5, 5.41) is 7.32. The van der Waals surface area contributed by atoms with Crippen molar-refractivity contribution in [2.45, 2.75) is 25.9 Å². The Labute approximate surface area is 163 Å². The van der Waals surface area contributed by atoms with Crippen molar-refractivity contribution in [3.8, 4) is 17.0 Å². The van der Waals surface area contributed by atoms with Gasteiger partial charge in [0.25, 0.3) is 5.56 Å². The van der Waals surface area contributed by atoms with Gasteiger partial charge in [0.05, 0.1) is 12.8 Å². The number of ether oxygens (including phenoxy) is 1. The first kappa shape index (κ1) is 19.4. The van der Waals surface area contributed by atoms with Gasteiger partial charge >= 0.3 is 0 Å². The number of hydrogen-bond acceptors (Lipinski definition) is 4. The van der Waals surface area contributed by atoms with E-state index in [1.54, 1.807) is 27.0 Å². The van der Waals surface area contributed by atoms with Gasteiger partial charge in [-0.2, -0.15) is 5.10 Å².